The highest BCUT2D eigenvalue weighted by Gasteiger charge is 2.66. The zero-order valence-corrected chi connectivity index (χ0v) is 17.4. The summed E-state index contributed by atoms with van der Waals surface area (Å²) in [6.07, 6.45) is 0.560. The molecule has 164 valence electrons. The van der Waals surface area contributed by atoms with Crippen LogP contribution in [-0.4, -0.2) is 43.3 Å². The molecule has 1 saturated carbocycles. The van der Waals surface area contributed by atoms with Crippen molar-refractivity contribution in [1.82, 2.24) is 10.6 Å². The second kappa shape index (κ2) is 8.58. The van der Waals surface area contributed by atoms with Crippen LogP contribution in [0.4, 0.5) is 4.79 Å². The first-order valence-corrected chi connectivity index (χ1v) is 9.84. The minimum atomic E-state index is -1.53. The molecular weight excluding hydrogens is 400 g/mol. The van der Waals surface area contributed by atoms with E-state index in [0.29, 0.717) is 0 Å². The lowest BCUT2D eigenvalue weighted by molar-refractivity contribution is -0.242. The maximum absolute atomic E-state index is 13.5. The highest BCUT2D eigenvalue weighted by atomic mass is 16.7. The van der Waals surface area contributed by atoms with Gasteiger partial charge >= 0.3 is 6.03 Å². The SMILES string of the molecule is COC1(OC)C[C@H](c2ccccc2)C2(C(=O)NC(=O)NC2=O)[C@H](c2ccccc2)C1.O. The molecule has 2 aromatic carbocycles. The van der Waals surface area contributed by atoms with Gasteiger partial charge in [0.25, 0.3) is 0 Å². The molecule has 0 unspecified atom stereocenters. The molecule has 31 heavy (non-hydrogen) atoms. The van der Waals surface area contributed by atoms with E-state index in [1.807, 2.05) is 60.7 Å². The number of hydrogen-bond donors (Lipinski definition) is 2. The Morgan fingerprint density at radius 1 is 0.742 bits per heavy atom. The van der Waals surface area contributed by atoms with E-state index in [1.54, 1.807) is 14.2 Å². The Kier molecular flexibility index (Phi) is 6.26. The fourth-order valence-electron chi connectivity index (χ4n) is 5.00. The zero-order valence-electron chi connectivity index (χ0n) is 17.4. The van der Waals surface area contributed by atoms with E-state index in [1.165, 1.54) is 0 Å². The Labute approximate surface area is 180 Å². The molecular formula is C23H26N2O6. The molecule has 2 aromatic rings. The normalized spacial score (nSPS) is 24.1. The minimum Gasteiger partial charge on any atom is -0.412 e. The maximum Gasteiger partial charge on any atom is 0.328 e. The number of carbonyl (C=O) groups excluding carboxylic acids is 3. The number of hydrogen-bond acceptors (Lipinski definition) is 5. The van der Waals surface area contributed by atoms with Gasteiger partial charge in [-0.15, -0.1) is 0 Å². The van der Waals surface area contributed by atoms with Crippen molar-refractivity contribution in [2.75, 3.05) is 14.2 Å². The van der Waals surface area contributed by atoms with E-state index in [0.717, 1.165) is 11.1 Å². The molecule has 1 aliphatic carbocycles. The highest BCUT2D eigenvalue weighted by Crippen LogP contribution is 2.59. The summed E-state index contributed by atoms with van der Waals surface area (Å²) in [6, 6.07) is 17.9. The van der Waals surface area contributed by atoms with Crippen LogP contribution in [0, 0.1) is 5.41 Å². The Hall–Kier alpha value is -3.07. The van der Waals surface area contributed by atoms with Crippen molar-refractivity contribution in [3.63, 3.8) is 0 Å². The minimum absolute atomic E-state index is 0. The van der Waals surface area contributed by atoms with Crippen LogP contribution < -0.4 is 10.6 Å². The van der Waals surface area contributed by atoms with Gasteiger partial charge in [0.2, 0.25) is 11.8 Å². The number of nitrogens with one attached hydrogen (secondary N) is 2. The molecule has 1 saturated heterocycles. The Morgan fingerprint density at radius 2 is 1.13 bits per heavy atom. The van der Waals surface area contributed by atoms with Crippen molar-refractivity contribution in [2.45, 2.75) is 30.5 Å². The summed E-state index contributed by atoms with van der Waals surface area (Å²) in [5.41, 5.74) is 0.0736. The Morgan fingerprint density at radius 3 is 1.48 bits per heavy atom. The lowest BCUT2D eigenvalue weighted by Crippen LogP contribution is -2.69. The second-order valence-electron chi connectivity index (χ2n) is 7.76. The lowest BCUT2D eigenvalue weighted by Gasteiger charge is -2.53. The van der Waals surface area contributed by atoms with Crippen LogP contribution in [0.25, 0.3) is 0 Å². The van der Waals surface area contributed by atoms with Crippen molar-refractivity contribution in [1.29, 1.82) is 0 Å². The molecule has 8 nitrogen and oxygen atoms in total. The smallest absolute Gasteiger partial charge is 0.328 e. The number of amides is 4. The third-order valence-electron chi connectivity index (χ3n) is 6.48. The summed E-state index contributed by atoms with van der Waals surface area (Å²) >= 11 is 0. The third kappa shape index (κ3) is 3.52. The number of imide groups is 2. The molecule has 1 heterocycles. The molecule has 2 aliphatic rings. The van der Waals surface area contributed by atoms with Gasteiger partial charge in [0.15, 0.2) is 5.79 Å². The van der Waals surface area contributed by atoms with Gasteiger partial charge in [0.05, 0.1) is 0 Å². The number of carbonyl (C=O) groups is 3. The molecule has 0 radical (unpaired) electrons. The molecule has 2 fully saturated rings. The van der Waals surface area contributed by atoms with Crippen molar-refractivity contribution < 1.29 is 29.3 Å². The fraction of sp³-hybridized carbons (Fsp3) is 0.348. The summed E-state index contributed by atoms with van der Waals surface area (Å²) in [4.78, 5) is 38.9. The van der Waals surface area contributed by atoms with Crippen LogP contribution in [0.2, 0.25) is 0 Å². The fourth-order valence-corrected chi connectivity index (χ4v) is 5.00. The van der Waals surface area contributed by atoms with Gasteiger partial charge in [-0.1, -0.05) is 60.7 Å². The van der Waals surface area contributed by atoms with Crippen LogP contribution in [0.3, 0.4) is 0 Å². The van der Waals surface area contributed by atoms with Gasteiger partial charge in [0.1, 0.15) is 5.41 Å². The van der Waals surface area contributed by atoms with E-state index in [9.17, 15) is 14.4 Å². The van der Waals surface area contributed by atoms with Crippen LogP contribution in [-0.2, 0) is 19.1 Å². The molecule has 4 rings (SSSR count). The van der Waals surface area contributed by atoms with E-state index in [4.69, 9.17) is 9.47 Å². The zero-order chi connectivity index (χ0) is 21.4. The summed E-state index contributed by atoms with van der Waals surface area (Å²) in [5.74, 6) is -3.34. The van der Waals surface area contributed by atoms with E-state index >= 15 is 0 Å². The first-order valence-electron chi connectivity index (χ1n) is 9.84. The van der Waals surface area contributed by atoms with E-state index < -0.39 is 40.9 Å². The van der Waals surface area contributed by atoms with E-state index in [-0.39, 0.29) is 18.3 Å². The number of barbiturate groups is 1. The van der Waals surface area contributed by atoms with Crippen LogP contribution in [0.5, 0.6) is 0 Å². The van der Waals surface area contributed by atoms with Gasteiger partial charge in [-0.2, -0.15) is 0 Å². The van der Waals surface area contributed by atoms with Crippen molar-refractivity contribution in [3.8, 4) is 0 Å². The number of urea groups is 1. The van der Waals surface area contributed by atoms with Crippen molar-refractivity contribution in [2.24, 2.45) is 5.41 Å². The van der Waals surface area contributed by atoms with Crippen LogP contribution in [0.1, 0.15) is 35.8 Å². The molecule has 2 atom stereocenters. The molecule has 4 N–H and O–H groups in total. The maximum atomic E-state index is 13.5. The Bertz CT molecular complexity index is 885. The van der Waals surface area contributed by atoms with Crippen LogP contribution >= 0.6 is 0 Å². The number of methoxy groups -OCH3 is 2. The molecule has 1 aliphatic heterocycles. The number of ether oxygens (including phenoxy) is 2. The predicted molar refractivity (Wildman–Crippen MR) is 112 cm³/mol. The van der Waals surface area contributed by atoms with E-state index in [2.05, 4.69) is 10.6 Å². The average molecular weight is 426 g/mol. The third-order valence-corrected chi connectivity index (χ3v) is 6.48. The second-order valence-corrected chi connectivity index (χ2v) is 7.76. The standard InChI is InChI=1S/C23H24N2O5.H2O/c1-29-22(30-2)13-17(15-9-5-3-6-10-15)23(19(26)24-21(28)25-20(23)27)18(14-22)16-11-7-4-8-12-16;/h3-12,17-18H,13-14H2,1-2H3,(H2,24,25,26,27,28);1H2/t17-,18+;. The molecule has 1 spiro atoms. The first-order chi connectivity index (χ1) is 14.5. The monoisotopic (exact) mass is 426 g/mol. The van der Waals surface area contributed by atoms with Gasteiger partial charge in [-0.25, -0.2) is 4.79 Å². The lowest BCUT2D eigenvalue weighted by atomic mass is 9.53. The first kappa shape index (κ1) is 22.6. The Balaban J connectivity index is 0.00000272. The molecule has 8 heteroatoms. The van der Waals surface area contributed by atoms with Crippen molar-refractivity contribution in [3.05, 3.63) is 71.8 Å². The highest BCUT2D eigenvalue weighted by molar-refractivity contribution is 6.20. The predicted octanol–water partition coefficient (Wildman–Crippen LogP) is 1.86. The van der Waals surface area contributed by atoms with Gasteiger partial charge < -0.3 is 14.9 Å². The summed E-state index contributed by atoms with van der Waals surface area (Å²) in [7, 11) is 3.13. The molecule has 0 aromatic heterocycles. The largest absolute Gasteiger partial charge is 0.412 e. The van der Waals surface area contributed by atoms with Crippen molar-refractivity contribution >= 4 is 17.8 Å². The quantitative estimate of drug-likeness (QED) is 0.570. The molecule has 4 amide bonds. The number of rotatable bonds is 4. The van der Waals surface area contributed by atoms with Crippen LogP contribution in [0.15, 0.2) is 60.7 Å². The summed E-state index contributed by atoms with van der Waals surface area (Å²) in [5, 5.41) is 4.68. The van der Waals surface area contributed by atoms with Gasteiger partial charge in [0, 0.05) is 38.9 Å². The van der Waals surface area contributed by atoms with Gasteiger partial charge in [-0.05, 0) is 11.1 Å². The average Bonchev–Trinajstić information content (AvgIpc) is 2.78. The summed E-state index contributed by atoms with van der Waals surface area (Å²) < 4.78 is 11.6. The summed E-state index contributed by atoms with van der Waals surface area (Å²) in [6.45, 7) is 0. The number of benzene rings is 2. The molecule has 0 bridgehead atoms. The topological polar surface area (TPSA) is 125 Å². The van der Waals surface area contributed by atoms with Gasteiger partial charge in [-0.3, -0.25) is 20.2 Å².